The molecule has 0 aliphatic carbocycles. The number of anilines is 1. The van der Waals surface area contributed by atoms with Crippen LogP contribution < -0.4 is 10.2 Å². The zero-order valence-electron chi connectivity index (χ0n) is 18.8. The number of hydrogen-bond donors (Lipinski definition) is 1. The zero-order valence-corrected chi connectivity index (χ0v) is 19.5. The smallest absolute Gasteiger partial charge is 0.407 e. The first-order chi connectivity index (χ1) is 15.6. The molecule has 0 atom stereocenters. The minimum Gasteiger partial charge on any atom is -0.444 e. The molecule has 1 aliphatic rings. The van der Waals surface area contributed by atoms with Crippen LogP contribution in [0.3, 0.4) is 0 Å². The van der Waals surface area contributed by atoms with Gasteiger partial charge in [0.2, 0.25) is 0 Å². The van der Waals surface area contributed by atoms with Gasteiger partial charge < -0.3 is 15.0 Å². The van der Waals surface area contributed by atoms with Gasteiger partial charge in [-0.1, -0.05) is 11.6 Å². The second kappa shape index (κ2) is 9.14. The van der Waals surface area contributed by atoms with E-state index in [4.69, 9.17) is 16.3 Å². The Morgan fingerprint density at radius 1 is 1.12 bits per heavy atom. The first kappa shape index (κ1) is 23.2. The third kappa shape index (κ3) is 5.53. The Morgan fingerprint density at radius 2 is 1.79 bits per heavy atom. The van der Waals surface area contributed by atoms with Gasteiger partial charge in [0.05, 0.1) is 11.2 Å². The van der Waals surface area contributed by atoms with Gasteiger partial charge in [-0.05, 0) is 69.5 Å². The highest BCUT2D eigenvalue weighted by molar-refractivity contribution is 6.31. The van der Waals surface area contributed by atoms with E-state index in [1.54, 1.807) is 12.3 Å². The van der Waals surface area contributed by atoms with Crippen molar-refractivity contribution in [2.45, 2.75) is 45.3 Å². The Labute approximate surface area is 196 Å². The molecule has 5 nitrogen and oxygen atoms in total. The number of hydrogen-bond acceptors (Lipinski definition) is 4. The van der Waals surface area contributed by atoms with Crippen molar-refractivity contribution in [2.24, 2.45) is 0 Å². The zero-order chi connectivity index (χ0) is 23.8. The summed E-state index contributed by atoms with van der Waals surface area (Å²) in [7, 11) is 0. The van der Waals surface area contributed by atoms with E-state index in [2.05, 4.69) is 15.2 Å². The number of aromatic nitrogens is 1. The Kier molecular flexibility index (Phi) is 6.43. The lowest BCUT2D eigenvalue weighted by molar-refractivity contribution is 0.0497. The highest BCUT2D eigenvalue weighted by Crippen LogP contribution is 2.39. The molecule has 8 heteroatoms. The molecule has 33 heavy (non-hydrogen) atoms. The van der Waals surface area contributed by atoms with Gasteiger partial charge in [-0.25, -0.2) is 13.6 Å². The number of nitrogens with one attached hydrogen (secondary N) is 1. The second-order valence-corrected chi connectivity index (χ2v) is 9.68. The van der Waals surface area contributed by atoms with Crippen molar-refractivity contribution in [3.63, 3.8) is 0 Å². The number of rotatable bonds is 3. The van der Waals surface area contributed by atoms with Crippen LogP contribution in [0.25, 0.3) is 22.0 Å². The van der Waals surface area contributed by atoms with Crippen LogP contribution >= 0.6 is 11.6 Å². The van der Waals surface area contributed by atoms with Crippen LogP contribution in [0.5, 0.6) is 0 Å². The molecule has 0 saturated carbocycles. The molecule has 2 aromatic carbocycles. The maximum atomic E-state index is 14.0. The van der Waals surface area contributed by atoms with Crippen LogP contribution in [-0.4, -0.2) is 35.8 Å². The molecule has 0 spiro atoms. The standard InChI is InChI=1S/C25H26ClF2N3O2/c1-25(2,3)33-24(32)30-19-6-8-31(9-7-19)23-20-12-16(26)4-5-22(20)29-14-21(23)15-10-17(27)13-18(28)11-15/h4-5,10-14,19H,6-9H2,1-3H3,(H,30,32). The average Bonchev–Trinajstić information content (AvgIpc) is 2.71. The van der Waals surface area contributed by atoms with Gasteiger partial charge in [-0.15, -0.1) is 0 Å². The largest absolute Gasteiger partial charge is 0.444 e. The molecule has 1 aromatic heterocycles. The van der Waals surface area contributed by atoms with E-state index in [0.717, 1.165) is 22.7 Å². The van der Waals surface area contributed by atoms with E-state index in [1.165, 1.54) is 12.1 Å². The van der Waals surface area contributed by atoms with Gasteiger partial charge in [0.1, 0.15) is 17.2 Å². The molecule has 1 amide bonds. The van der Waals surface area contributed by atoms with E-state index in [1.807, 2.05) is 32.9 Å². The average molecular weight is 474 g/mol. The van der Waals surface area contributed by atoms with Gasteiger partial charge in [0.25, 0.3) is 0 Å². The number of nitrogens with zero attached hydrogens (tertiary/aromatic N) is 2. The van der Waals surface area contributed by atoms with E-state index in [9.17, 15) is 13.6 Å². The number of ether oxygens (including phenoxy) is 1. The summed E-state index contributed by atoms with van der Waals surface area (Å²) in [4.78, 5) is 18.8. The molecule has 1 aliphatic heterocycles. The molecule has 4 rings (SSSR count). The SMILES string of the molecule is CC(C)(C)OC(=O)NC1CCN(c2c(-c3cc(F)cc(F)c3)cnc3ccc(Cl)cc23)CC1. The summed E-state index contributed by atoms with van der Waals surface area (Å²) in [6.45, 7) is 6.75. The predicted molar refractivity (Wildman–Crippen MR) is 127 cm³/mol. The number of amides is 1. The molecule has 1 N–H and O–H groups in total. The molecule has 2 heterocycles. The summed E-state index contributed by atoms with van der Waals surface area (Å²) in [5.74, 6) is -1.30. The maximum absolute atomic E-state index is 14.0. The highest BCUT2D eigenvalue weighted by Gasteiger charge is 2.26. The summed E-state index contributed by atoms with van der Waals surface area (Å²) in [6, 6.07) is 8.84. The lowest BCUT2D eigenvalue weighted by Gasteiger charge is -2.36. The lowest BCUT2D eigenvalue weighted by atomic mass is 9.98. The number of carbonyl (C=O) groups is 1. The van der Waals surface area contributed by atoms with Crippen molar-refractivity contribution >= 4 is 34.3 Å². The third-order valence-corrected chi connectivity index (χ3v) is 5.74. The number of piperidine rings is 1. The summed E-state index contributed by atoms with van der Waals surface area (Å²) < 4.78 is 33.4. The quantitative estimate of drug-likeness (QED) is 0.483. The van der Waals surface area contributed by atoms with Crippen LogP contribution in [0.2, 0.25) is 5.02 Å². The molecule has 1 fully saturated rings. The van der Waals surface area contributed by atoms with E-state index >= 15 is 0 Å². The number of pyridine rings is 1. The molecule has 0 bridgehead atoms. The molecule has 0 unspecified atom stereocenters. The van der Waals surface area contributed by atoms with Gasteiger partial charge in [-0.2, -0.15) is 0 Å². The second-order valence-electron chi connectivity index (χ2n) is 9.25. The van der Waals surface area contributed by atoms with E-state index in [0.29, 0.717) is 42.1 Å². The van der Waals surface area contributed by atoms with E-state index in [-0.39, 0.29) is 6.04 Å². The number of halogens is 3. The minimum atomic E-state index is -0.651. The number of carbonyl (C=O) groups excluding carboxylic acids is 1. The molecular formula is C25H26ClF2N3O2. The van der Waals surface area contributed by atoms with Gasteiger partial charge in [-0.3, -0.25) is 4.98 Å². The summed E-state index contributed by atoms with van der Waals surface area (Å²) in [5, 5.41) is 4.29. The minimum absolute atomic E-state index is 0.0251. The third-order valence-electron chi connectivity index (χ3n) is 5.51. The molecule has 3 aromatic rings. The van der Waals surface area contributed by atoms with Crippen LogP contribution in [0.4, 0.5) is 19.3 Å². The Hall–Kier alpha value is -2.93. The van der Waals surface area contributed by atoms with Gasteiger partial charge >= 0.3 is 6.09 Å². The van der Waals surface area contributed by atoms with Crippen molar-refractivity contribution in [2.75, 3.05) is 18.0 Å². The van der Waals surface area contributed by atoms with Crippen molar-refractivity contribution in [3.8, 4) is 11.1 Å². The van der Waals surface area contributed by atoms with Crippen LogP contribution in [0.1, 0.15) is 33.6 Å². The van der Waals surface area contributed by atoms with E-state index < -0.39 is 23.3 Å². The monoisotopic (exact) mass is 473 g/mol. The van der Waals surface area contributed by atoms with Gasteiger partial charge in [0, 0.05) is 47.4 Å². The van der Waals surface area contributed by atoms with Crippen molar-refractivity contribution < 1.29 is 18.3 Å². The number of benzene rings is 2. The first-order valence-corrected chi connectivity index (χ1v) is 11.3. The lowest BCUT2D eigenvalue weighted by Crippen LogP contribution is -2.46. The van der Waals surface area contributed by atoms with Crippen molar-refractivity contribution in [1.29, 1.82) is 0 Å². The summed E-state index contributed by atoms with van der Waals surface area (Å²) in [6.07, 6.45) is 2.60. The number of alkyl carbamates (subject to hydrolysis) is 1. The Morgan fingerprint density at radius 3 is 2.42 bits per heavy atom. The Balaban J connectivity index is 1.65. The van der Waals surface area contributed by atoms with Crippen LogP contribution in [-0.2, 0) is 4.74 Å². The fourth-order valence-electron chi connectivity index (χ4n) is 4.13. The van der Waals surface area contributed by atoms with Gasteiger partial charge in [0.15, 0.2) is 0 Å². The topological polar surface area (TPSA) is 54.5 Å². The number of fused-ring (bicyclic) bond motifs is 1. The maximum Gasteiger partial charge on any atom is 0.407 e. The Bertz CT molecular complexity index is 1170. The predicted octanol–water partition coefficient (Wildman–Crippen LogP) is 6.33. The summed E-state index contributed by atoms with van der Waals surface area (Å²) in [5.41, 5.74) is 2.04. The fourth-order valence-corrected chi connectivity index (χ4v) is 4.31. The highest BCUT2D eigenvalue weighted by atomic mass is 35.5. The molecule has 174 valence electrons. The summed E-state index contributed by atoms with van der Waals surface area (Å²) >= 11 is 6.28. The van der Waals surface area contributed by atoms with Crippen molar-refractivity contribution in [1.82, 2.24) is 10.3 Å². The first-order valence-electron chi connectivity index (χ1n) is 10.9. The van der Waals surface area contributed by atoms with Crippen molar-refractivity contribution in [3.05, 3.63) is 59.3 Å². The van der Waals surface area contributed by atoms with Crippen LogP contribution in [0.15, 0.2) is 42.6 Å². The molecule has 1 saturated heterocycles. The fraction of sp³-hybridized carbons (Fsp3) is 0.360. The molecular weight excluding hydrogens is 448 g/mol. The normalized spacial score (nSPS) is 15.0. The molecule has 0 radical (unpaired) electrons. The van der Waals surface area contributed by atoms with Crippen LogP contribution in [0, 0.1) is 11.6 Å².